The van der Waals surface area contributed by atoms with Crippen LogP contribution in [0.5, 0.6) is 0 Å². The lowest BCUT2D eigenvalue weighted by Crippen LogP contribution is -2.06. The zero-order chi connectivity index (χ0) is 14.0. The second-order valence-electron chi connectivity index (χ2n) is 3.97. The molecule has 0 saturated carbocycles. The molecule has 0 unspecified atom stereocenters. The van der Waals surface area contributed by atoms with Crippen molar-refractivity contribution in [3.8, 4) is 11.4 Å². The summed E-state index contributed by atoms with van der Waals surface area (Å²) < 4.78 is 29.9. The summed E-state index contributed by atoms with van der Waals surface area (Å²) in [7, 11) is 0. The summed E-state index contributed by atoms with van der Waals surface area (Å²) in [5.41, 5.74) is -0.180. The number of benzene rings is 1. The van der Waals surface area contributed by atoms with Crippen molar-refractivity contribution in [1.82, 2.24) is 14.8 Å². The van der Waals surface area contributed by atoms with Crippen LogP contribution in [0.15, 0.2) is 16.6 Å². The second-order valence-corrected chi connectivity index (χ2v) is 5.15. The van der Waals surface area contributed by atoms with Crippen LogP contribution in [0.25, 0.3) is 11.4 Å². The van der Waals surface area contributed by atoms with E-state index in [1.165, 1.54) is 12.1 Å². The molecular weight excluding hydrogens is 340 g/mol. The lowest BCUT2D eigenvalue weighted by Gasteiger charge is -2.09. The topological polar surface area (TPSA) is 30.7 Å². The van der Waals surface area contributed by atoms with E-state index in [0.717, 1.165) is 6.42 Å². The van der Waals surface area contributed by atoms with Crippen LogP contribution < -0.4 is 0 Å². The van der Waals surface area contributed by atoms with Gasteiger partial charge in [0.25, 0.3) is 0 Å². The minimum Gasteiger partial charge on any atom is -0.310 e. The van der Waals surface area contributed by atoms with E-state index in [2.05, 4.69) is 26.1 Å². The van der Waals surface area contributed by atoms with Crippen LogP contribution in [-0.2, 0) is 12.4 Å². The van der Waals surface area contributed by atoms with Crippen LogP contribution >= 0.6 is 27.5 Å². The number of aromatic nitrogens is 3. The van der Waals surface area contributed by atoms with Crippen molar-refractivity contribution in [2.75, 3.05) is 0 Å². The first-order valence-corrected chi connectivity index (χ1v) is 7.04. The molecule has 0 radical (unpaired) electrons. The molecule has 1 aromatic carbocycles. The van der Waals surface area contributed by atoms with Crippen molar-refractivity contribution in [2.45, 2.75) is 25.8 Å². The van der Waals surface area contributed by atoms with Gasteiger partial charge in [-0.3, -0.25) is 0 Å². The van der Waals surface area contributed by atoms with Crippen LogP contribution in [0.4, 0.5) is 8.78 Å². The molecule has 0 N–H and O–H groups in total. The Kier molecular flexibility index (Phi) is 4.52. The molecule has 0 spiro atoms. The Morgan fingerprint density at radius 1 is 1.26 bits per heavy atom. The molecule has 3 nitrogen and oxygen atoms in total. The average Bonchev–Trinajstić information content (AvgIpc) is 2.72. The number of hydrogen-bond donors (Lipinski definition) is 0. The van der Waals surface area contributed by atoms with E-state index in [0.29, 0.717) is 16.8 Å². The number of nitrogens with zero attached hydrogens (tertiary/aromatic N) is 3. The molecule has 1 aromatic heterocycles. The number of halogens is 4. The van der Waals surface area contributed by atoms with Crippen LogP contribution in [0, 0.1) is 11.6 Å². The molecule has 1 heterocycles. The molecule has 2 aromatic rings. The Morgan fingerprint density at radius 3 is 2.42 bits per heavy atom. The van der Waals surface area contributed by atoms with Gasteiger partial charge < -0.3 is 4.57 Å². The van der Waals surface area contributed by atoms with Gasteiger partial charge in [-0.1, -0.05) is 22.9 Å². The van der Waals surface area contributed by atoms with Crippen molar-refractivity contribution in [3.63, 3.8) is 0 Å². The van der Waals surface area contributed by atoms with E-state index >= 15 is 0 Å². The van der Waals surface area contributed by atoms with E-state index in [9.17, 15) is 8.78 Å². The maximum absolute atomic E-state index is 13.9. The molecule has 2 rings (SSSR count). The van der Waals surface area contributed by atoms with E-state index < -0.39 is 11.6 Å². The van der Waals surface area contributed by atoms with Gasteiger partial charge in [-0.25, -0.2) is 8.78 Å². The highest BCUT2D eigenvalue weighted by Crippen LogP contribution is 2.28. The highest BCUT2D eigenvalue weighted by Gasteiger charge is 2.20. The van der Waals surface area contributed by atoms with Gasteiger partial charge in [-0.05, 0) is 18.6 Å². The van der Waals surface area contributed by atoms with Gasteiger partial charge in [0.05, 0.1) is 11.4 Å². The minimum absolute atomic E-state index is 0.146. The van der Waals surface area contributed by atoms with Gasteiger partial charge in [0.2, 0.25) is 0 Å². The highest BCUT2D eigenvalue weighted by molar-refractivity contribution is 9.10. The molecule has 0 atom stereocenters. The monoisotopic (exact) mass is 349 g/mol. The zero-order valence-electron chi connectivity index (χ0n) is 10.1. The van der Waals surface area contributed by atoms with E-state index in [-0.39, 0.29) is 17.3 Å². The van der Waals surface area contributed by atoms with Crippen molar-refractivity contribution in [2.24, 2.45) is 0 Å². The fraction of sp³-hybridized carbons (Fsp3) is 0.333. The summed E-state index contributed by atoms with van der Waals surface area (Å²) in [5.74, 6) is -0.553. The third kappa shape index (κ3) is 2.79. The Hall–Kier alpha value is -1.01. The summed E-state index contributed by atoms with van der Waals surface area (Å²) >= 11 is 8.80. The molecular formula is C12H11BrClF2N3. The SMILES string of the molecule is CCCn1c(CCl)nnc1-c1c(F)cc(Br)cc1F. The third-order valence-electron chi connectivity index (χ3n) is 2.62. The largest absolute Gasteiger partial charge is 0.310 e. The first-order valence-electron chi connectivity index (χ1n) is 5.71. The Bertz CT molecular complexity index is 578. The average molecular weight is 351 g/mol. The van der Waals surface area contributed by atoms with Gasteiger partial charge >= 0.3 is 0 Å². The second kappa shape index (κ2) is 5.96. The van der Waals surface area contributed by atoms with Gasteiger partial charge in [0.1, 0.15) is 17.5 Å². The summed E-state index contributed by atoms with van der Waals surface area (Å²) in [6.45, 7) is 2.51. The summed E-state index contributed by atoms with van der Waals surface area (Å²) in [4.78, 5) is 0. The van der Waals surface area contributed by atoms with Gasteiger partial charge in [-0.15, -0.1) is 21.8 Å². The molecule has 0 aliphatic carbocycles. The molecule has 0 amide bonds. The summed E-state index contributed by atoms with van der Waals surface area (Å²) in [6, 6.07) is 2.40. The van der Waals surface area contributed by atoms with Crippen molar-refractivity contribution < 1.29 is 8.78 Å². The smallest absolute Gasteiger partial charge is 0.169 e. The van der Waals surface area contributed by atoms with Crippen molar-refractivity contribution >= 4 is 27.5 Å². The lowest BCUT2D eigenvalue weighted by molar-refractivity contribution is 0.579. The highest BCUT2D eigenvalue weighted by atomic mass is 79.9. The van der Waals surface area contributed by atoms with Gasteiger partial charge in [0, 0.05) is 11.0 Å². The zero-order valence-corrected chi connectivity index (χ0v) is 12.5. The van der Waals surface area contributed by atoms with Crippen molar-refractivity contribution in [3.05, 3.63) is 34.1 Å². The summed E-state index contributed by atoms with van der Waals surface area (Å²) in [6.07, 6.45) is 0.786. The standard InChI is InChI=1S/C12H11BrClF2N3/c1-2-3-19-10(6-14)17-18-12(19)11-8(15)4-7(13)5-9(11)16/h4-5H,2-3,6H2,1H3. The van der Waals surface area contributed by atoms with Gasteiger partial charge in [0.15, 0.2) is 5.82 Å². The molecule has 7 heteroatoms. The first-order chi connectivity index (χ1) is 9.08. The number of alkyl halides is 1. The lowest BCUT2D eigenvalue weighted by atomic mass is 10.2. The Morgan fingerprint density at radius 2 is 1.89 bits per heavy atom. The van der Waals surface area contributed by atoms with E-state index in [4.69, 9.17) is 11.6 Å². The van der Waals surface area contributed by atoms with Crippen molar-refractivity contribution in [1.29, 1.82) is 0 Å². The Labute approximate surface area is 122 Å². The Balaban J connectivity index is 2.62. The van der Waals surface area contributed by atoms with Crippen LogP contribution in [0.3, 0.4) is 0 Å². The molecule has 0 saturated heterocycles. The fourth-order valence-electron chi connectivity index (χ4n) is 1.83. The normalized spacial score (nSPS) is 11.0. The maximum atomic E-state index is 13.9. The van der Waals surface area contributed by atoms with Gasteiger partial charge in [-0.2, -0.15) is 0 Å². The van der Waals surface area contributed by atoms with E-state index in [1.807, 2.05) is 6.92 Å². The van der Waals surface area contributed by atoms with Crippen LogP contribution in [0.2, 0.25) is 0 Å². The number of rotatable bonds is 4. The molecule has 0 aliphatic rings. The molecule has 102 valence electrons. The minimum atomic E-state index is -0.683. The predicted molar refractivity (Wildman–Crippen MR) is 72.9 cm³/mol. The van der Waals surface area contributed by atoms with Crippen LogP contribution in [0.1, 0.15) is 19.2 Å². The first kappa shape index (κ1) is 14.4. The summed E-state index contributed by atoms with van der Waals surface area (Å²) in [5, 5.41) is 7.73. The maximum Gasteiger partial charge on any atom is 0.169 e. The molecule has 0 fully saturated rings. The number of hydrogen-bond acceptors (Lipinski definition) is 2. The van der Waals surface area contributed by atoms with Crippen LogP contribution in [-0.4, -0.2) is 14.8 Å². The molecule has 0 bridgehead atoms. The van der Waals surface area contributed by atoms with E-state index in [1.54, 1.807) is 4.57 Å². The fourth-order valence-corrected chi connectivity index (χ4v) is 2.43. The quantitative estimate of drug-likeness (QED) is 0.776. The third-order valence-corrected chi connectivity index (χ3v) is 3.32. The molecule has 0 aliphatic heterocycles. The molecule has 19 heavy (non-hydrogen) atoms. The predicted octanol–water partition coefficient (Wildman–Crippen LogP) is 4.13.